The summed E-state index contributed by atoms with van der Waals surface area (Å²) in [5, 5.41) is 4.89. The van der Waals surface area contributed by atoms with Gasteiger partial charge >= 0.3 is 0 Å². The summed E-state index contributed by atoms with van der Waals surface area (Å²) < 4.78 is 6.12. The first kappa shape index (κ1) is 12.5. The van der Waals surface area contributed by atoms with Crippen molar-refractivity contribution in [2.75, 3.05) is 0 Å². The SMILES string of the molecule is c1ccc(-c2cc3oc4ccccc4c3c3ccccc23)cc1. The maximum Gasteiger partial charge on any atom is 0.136 e. The Kier molecular flexibility index (Phi) is 2.56. The number of hydrogen-bond donors (Lipinski definition) is 0. The van der Waals surface area contributed by atoms with E-state index in [-0.39, 0.29) is 0 Å². The van der Waals surface area contributed by atoms with Crippen molar-refractivity contribution in [2.45, 2.75) is 0 Å². The second-order valence-corrected chi connectivity index (χ2v) is 5.81. The van der Waals surface area contributed by atoms with Gasteiger partial charge in [-0.15, -0.1) is 0 Å². The van der Waals surface area contributed by atoms with Gasteiger partial charge in [-0.3, -0.25) is 0 Å². The van der Waals surface area contributed by atoms with Crippen molar-refractivity contribution in [1.29, 1.82) is 0 Å². The quantitative estimate of drug-likeness (QED) is 0.348. The maximum atomic E-state index is 6.12. The fraction of sp³-hybridized carbons (Fsp3) is 0. The Morgan fingerprint density at radius 3 is 2.00 bits per heavy atom. The highest BCUT2D eigenvalue weighted by Crippen LogP contribution is 2.39. The number of furan rings is 1. The van der Waals surface area contributed by atoms with Crippen molar-refractivity contribution in [2.24, 2.45) is 0 Å². The van der Waals surface area contributed by atoms with Crippen molar-refractivity contribution < 1.29 is 4.42 Å². The Morgan fingerprint density at radius 1 is 0.522 bits per heavy atom. The molecule has 0 saturated carbocycles. The number of hydrogen-bond acceptors (Lipinski definition) is 1. The van der Waals surface area contributed by atoms with E-state index < -0.39 is 0 Å². The summed E-state index contributed by atoms with van der Waals surface area (Å²) in [6, 6.07) is 29.5. The summed E-state index contributed by atoms with van der Waals surface area (Å²) in [5.74, 6) is 0. The third-order valence-electron chi connectivity index (χ3n) is 4.47. The predicted molar refractivity (Wildman–Crippen MR) is 96.7 cm³/mol. The molecule has 0 aliphatic rings. The molecule has 0 N–H and O–H groups in total. The second-order valence-electron chi connectivity index (χ2n) is 5.81. The molecule has 1 nitrogen and oxygen atoms in total. The van der Waals surface area contributed by atoms with Crippen molar-refractivity contribution in [3.63, 3.8) is 0 Å². The molecule has 0 bridgehead atoms. The van der Waals surface area contributed by atoms with Crippen LogP contribution in [-0.2, 0) is 0 Å². The largest absolute Gasteiger partial charge is 0.456 e. The van der Waals surface area contributed by atoms with Crippen LogP contribution in [0.1, 0.15) is 0 Å². The van der Waals surface area contributed by atoms with E-state index in [0.29, 0.717) is 0 Å². The first-order valence-electron chi connectivity index (χ1n) is 7.80. The summed E-state index contributed by atoms with van der Waals surface area (Å²) in [6.45, 7) is 0. The van der Waals surface area contributed by atoms with Crippen molar-refractivity contribution in [3.8, 4) is 11.1 Å². The van der Waals surface area contributed by atoms with Crippen LogP contribution in [0, 0.1) is 0 Å². The molecule has 23 heavy (non-hydrogen) atoms. The molecule has 0 aliphatic carbocycles. The third kappa shape index (κ3) is 1.80. The number of rotatable bonds is 1. The van der Waals surface area contributed by atoms with Crippen LogP contribution >= 0.6 is 0 Å². The minimum absolute atomic E-state index is 0.942. The van der Waals surface area contributed by atoms with E-state index in [2.05, 4.69) is 66.7 Å². The monoisotopic (exact) mass is 294 g/mol. The molecule has 108 valence electrons. The van der Waals surface area contributed by atoms with Crippen LogP contribution in [-0.4, -0.2) is 0 Å². The molecule has 5 rings (SSSR count). The Bertz CT molecular complexity index is 1150. The van der Waals surface area contributed by atoms with E-state index in [9.17, 15) is 0 Å². The fourth-order valence-electron chi connectivity index (χ4n) is 3.45. The summed E-state index contributed by atoms with van der Waals surface area (Å²) in [4.78, 5) is 0. The van der Waals surface area contributed by atoms with Gasteiger partial charge in [-0.2, -0.15) is 0 Å². The highest BCUT2D eigenvalue weighted by molar-refractivity contribution is 6.21. The first-order valence-corrected chi connectivity index (χ1v) is 7.80. The highest BCUT2D eigenvalue weighted by Gasteiger charge is 2.13. The predicted octanol–water partition coefficient (Wildman–Crippen LogP) is 6.41. The number of benzene rings is 4. The minimum Gasteiger partial charge on any atom is -0.456 e. The highest BCUT2D eigenvalue weighted by atomic mass is 16.3. The Balaban J connectivity index is 2.02. The third-order valence-corrected chi connectivity index (χ3v) is 4.47. The lowest BCUT2D eigenvalue weighted by atomic mass is 9.95. The molecule has 0 aliphatic heterocycles. The van der Waals surface area contributed by atoms with Gasteiger partial charge in [0.2, 0.25) is 0 Å². The molecule has 0 saturated heterocycles. The van der Waals surface area contributed by atoms with Crippen molar-refractivity contribution in [1.82, 2.24) is 0 Å². The summed E-state index contributed by atoms with van der Waals surface area (Å²) in [5.41, 5.74) is 4.32. The van der Waals surface area contributed by atoms with E-state index in [1.807, 2.05) is 18.2 Å². The Labute approximate surface area is 133 Å². The van der Waals surface area contributed by atoms with Crippen LogP contribution in [0.5, 0.6) is 0 Å². The fourth-order valence-corrected chi connectivity index (χ4v) is 3.45. The number of para-hydroxylation sites is 1. The molecule has 0 unspecified atom stereocenters. The van der Waals surface area contributed by atoms with Crippen molar-refractivity contribution >= 4 is 32.7 Å². The van der Waals surface area contributed by atoms with Gasteiger partial charge in [0.05, 0.1) is 0 Å². The standard InChI is InChI=1S/C22H14O/c1-2-8-15(9-3-1)19-14-21-22(17-11-5-4-10-16(17)19)18-12-6-7-13-20(18)23-21/h1-14H. The molecule has 0 atom stereocenters. The van der Waals surface area contributed by atoms with Crippen LogP contribution in [0.2, 0.25) is 0 Å². The molecule has 0 spiro atoms. The maximum absolute atomic E-state index is 6.12. The second kappa shape index (κ2) is 4.72. The molecular weight excluding hydrogens is 280 g/mol. The van der Waals surface area contributed by atoms with E-state index in [1.165, 1.54) is 32.7 Å². The molecule has 4 aromatic carbocycles. The lowest BCUT2D eigenvalue weighted by Gasteiger charge is -2.08. The van der Waals surface area contributed by atoms with E-state index >= 15 is 0 Å². The molecule has 5 aromatic rings. The zero-order valence-electron chi connectivity index (χ0n) is 12.5. The molecule has 0 amide bonds. The zero-order valence-corrected chi connectivity index (χ0v) is 12.5. The van der Waals surface area contributed by atoms with E-state index in [4.69, 9.17) is 4.42 Å². The smallest absolute Gasteiger partial charge is 0.136 e. The average Bonchev–Trinajstić information content (AvgIpc) is 3.00. The normalized spacial score (nSPS) is 11.5. The van der Waals surface area contributed by atoms with Gasteiger partial charge in [0.1, 0.15) is 11.2 Å². The number of fused-ring (bicyclic) bond motifs is 5. The van der Waals surface area contributed by atoms with Gasteiger partial charge in [0.25, 0.3) is 0 Å². The molecule has 0 radical (unpaired) electrons. The zero-order chi connectivity index (χ0) is 15.2. The lowest BCUT2D eigenvalue weighted by Crippen LogP contribution is -1.82. The molecule has 1 heteroatoms. The van der Waals surface area contributed by atoms with Crippen molar-refractivity contribution in [3.05, 3.63) is 84.9 Å². The Hall–Kier alpha value is -3.06. The summed E-state index contributed by atoms with van der Waals surface area (Å²) in [6.07, 6.45) is 0. The first-order chi connectivity index (χ1) is 11.4. The van der Waals surface area contributed by atoms with Crippen LogP contribution in [0.4, 0.5) is 0 Å². The van der Waals surface area contributed by atoms with Gasteiger partial charge in [0.15, 0.2) is 0 Å². The van der Waals surface area contributed by atoms with Crippen LogP contribution < -0.4 is 0 Å². The Morgan fingerprint density at radius 2 is 1.17 bits per heavy atom. The van der Waals surface area contributed by atoms with Gasteiger partial charge in [-0.1, -0.05) is 72.8 Å². The average molecular weight is 294 g/mol. The lowest BCUT2D eigenvalue weighted by molar-refractivity contribution is 0.669. The van der Waals surface area contributed by atoms with Gasteiger partial charge in [0, 0.05) is 10.8 Å². The molecular formula is C22H14O. The van der Waals surface area contributed by atoms with Gasteiger partial charge in [-0.05, 0) is 34.0 Å². The topological polar surface area (TPSA) is 13.1 Å². The summed E-state index contributed by atoms with van der Waals surface area (Å²) in [7, 11) is 0. The van der Waals surface area contributed by atoms with Gasteiger partial charge < -0.3 is 4.42 Å². The van der Waals surface area contributed by atoms with Crippen LogP contribution in [0.15, 0.2) is 89.3 Å². The van der Waals surface area contributed by atoms with Crippen LogP contribution in [0.3, 0.4) is 0 Å². The van der Waals surface area contributed by atoms with E-state index in [0.717, 1.165) is 11.2 Å². The molecule has 0 fully saturated rings. The molecule has 1 aromatic heterocycles. The summed E-state index contributed by atoms with van der Waals surface area (Å²) >= 11 is 0. The van der Waals surface area contributed by atoms with E-state index in [1.54, 1.807) is 0 Å². The minimum atomic E-state index is 0.942. The van der Waals surface area contributed by atoms with Gasteiger partial charge in [-0.25, -0.2) is 0 Å². The van der Waals surface area contributed by atoms with Crippen LogP contribution in [0.25, 0.3) is 43.8 Å². The molecule has 1 heterocycles.